The van der Waals surface area contributed by atoms with E-state index < -0.39 is 17.4 Å². The van der Waals surface area contributed by atoms with E-state index in [2.05, 4.69) is 10.3 Å². The van der Waals surface area contributed by atoms with Crippen molar-refractivity contribution in [1.82, 2.24) is 10.3 Å². The van der Waals surface area contributed by atoms with Gasteiger partial charge in [-0.15, -0.1) is 0 Å². The van der Waals surface area contributed by atoms with Crippen LogP contribution < -0.4 is 5.32 Å². The zero-order valence-electron chi connectivity index (χ0n) is 10.5. The molecule has 0 radical (unpaired) electrons. The third-order valence-corrected chi connectivity index (χ3v) is 3.12. The fraction of sp³-hybridized carbons (Fsp3) is 0.417. The molecule has 0 fully saturated rings. The average molecular weight is 271 g/mol. The van der Waals surface area contributed by atoms with E-state index in [1.54, 1.807) is 19.9 Å². The number of carbonyl (C=O) groups excluding carboxylic acids is 1. The number of hydrogen-bond acceptors (Lipinski definition) is 3. The van der Waals surface area contributed by atoms with Crippen molar-refractivity contribution >= 4 is 23.5 Å². The molecule has 0 spiro atoms. The molecule has 0 aromatic carbocycles. The summed E-state index contributed by atoms with van der Waals surface area (Å²) in [5.74, 6) is -1.63. The van der Waals surface area contributed by atoms with E-state index in [0.29, 0.717) is 5.69 Å². The van der Waals surface area contributed by atoms with E-state index in [1.165, 1.54) is 13.1 Å². The zero-order valence-corrected chi connectivity index (χ0v) is 11.2. The van der Waals surface area contributed by atoms with E-state index in [1.807, 2.05) is 0 Å². The molecule has 0 aliphatic heterocycles. The normalized spacial score (nSPS) is 13.8. The van der Waals surface area contributed by atoms with Crippen LogP contribution in [0.15, 0.2) is 12.3 Å². The van der Waals surface area contributed by atoms with E-state index in [-0.39, 0.29) is 17.0 Å². The number of amides is 1. The van der Waals surface area contributed by atoms with Gasteiger partial charge in [0.25, 0.3) is 5.91 Å². The minimum Gasteiger partial charge on any atom is -0.480 e. The second-order valence-electron chi connectivity index (χ2n) is 4.25. The van der Waals surface area contributed by atoms with Crippen LogP contribution in [0.2, 0.25) is 5.02 Å². The number of halogens is 1. The number of carboxylic acids is 1. The predicted octanol–water partition coefficient (Wildman–Crippen LogP) is 2.03. The minimum atomic E-state index is -1.31. The summed E-state index contributed by atoms with van der Waals surface area (Å²) in [5.41, 5.74) is -0.457. The van der Waals surface area contributed by atoms with Crippen molar-refractivity contribution in [1.29, 1.82) is 0 Å². The maximum absolute atomic E-state index is 12.0. The predicted molar refractivity (Wildman–Crippen MR) is 67.8 cm³/mol. The van der Waals surface area contributed by atoms with Gasteiger partial charge in [0.15, 0.2) is 0 Å². The Morgan fingerprint density at radius 2 is 2.17 bits per heavy atom. The molecule has 1 aromatic heterocycles. The van der Waals surface area contributed by atoms with Gasteiger partial charge < -0.3 is 10.4 Å². The molecule has 0 aliphatic carbocycles. The highest BCUT2D eigenvalue weighted by Crippen LogP contribution is 2.17. The molecular formula is C12H15ClN2O3. The van der Waals surface area contributed by atoms with Crippen LogP contribution in [0.4, 0.5) is 0 Å². The number of aromatic nitrogens is 1. The molecule has 2 N–H and O–H groups in total. The Kier molecular flexibility index (Phi) is 4.29. The summed E-state index contributed by atoms with van der Waals surface area (Å²) in [6.45, 7) is 4.88. The summed E-state index contributed by atoms with van der Waals surface area (Å²) in [6.07, 6.45) is 1.61. The van der Waals surface area contributed by atoms with E-state index >= 15 is 0 Å². The van der Waals surface area contributed by atoms with Crippen LogP contribution in [0.3, 0.4) is 0 Å². The van der Waals surface area contributed by atoms with E-state index in [9.17, 15) is 9.59 Å². The van der Waals surface area contributed by atoms with Crippen LogP contribution in [0.5, 0.6) is 0 Å². The second kappa shape index (κ2) is 5.35. The lowest BCUT2D eigenvalue weighted by atomic mass is 9.98. The molecule has 1 aromatic rings. The lowest BCUT2D eigenvalue weighted by Crippen LogP contribution is -2.51. The first-order chi connectivity index (χ1) is 8.30. The van der Waals surface area contributed by atoms with Gasteiger partial charge in [0.2, 0.25) is 0 Å². The highest BCUT2D eigenvalue weighted by atomic mass is 35.5. The molecule has 0 aliphatic rings. The number of pyridine rings is 1. The van der Waals surface area contributed by atoms with Crippen molar-refractivity contribution in [3.8, 4) is 0 Å². The topological polar surface area (TPSA) is 79.3 Å². The summed E-state index contributed by atoms with van der Waals surface area (Å²) < 4.78 is 0. The molecular weight excluding hydrogens is 256 g/mol. The Labute approximate surface area is 110 Å². The van der Waals surface area contributed by atoms with Crippen LogP contribution >= 0.6 is 11.6 Å². The van der Waals surface area contributed by atoms with Crippen LogP contribution in [0, 0.1) is 6.92 Å². The molecule has 6 heteroatoms. The Hall–Kier alpha value is -1.62. The molecule has 0 saturated heterocycles. The van der Waals surface area contributed by atoms with Gasteiger partial charge in [-0.1, -0.05) is 18.5 Å². The fourth-order valence-electron chi connectivity index (χ4n) is 1.30. The summed E-state index contributed by atoms with van der Waals surface area (Å²) in [4.78, 5) is 27.0. The van der Waals surface area contributed by atoms with Crippen molar-refractivity contribution in [3.05, 3.63) is 28.5 Å². The smallest absolute Gasteiger partial charge is 0.329 e. The van der Waals surface area contributed by atoms with Gasteiger partial charge in [-0.2, -0.15) is 0 Å². The Morgan fingerprint density at radius 3 is 2.61 bits per heavy atom. The van der Waals surface area contributed by atoms with Crippen LogP contribution in [0.25, 0.3) is 0 Å². The lowest BCUT2D eigenvalue weighted by Gasteiger charge is -2.24. The number of aliphatic carboxylic acids is 1. The fourth-order valence-corrected chi connectivity index (χ4v) is 1.60. The van der Waals surface area contributed by atoms with E-state index in [4.69, 9.17) is 16.7 Å². The van der Waals surface area contributed by atoms with Gasteiger partial charge in [0, 0.05) is 11.9 Å². The Morgan fingerprint density at radius 1 is 1.56 bits per heavy atom. The zero-order chi connectivity index (χ0) is 13.9. The number of rotatable bonds is 4. The highest BCUT2D eigenvalue weighted by molar-refractivity contribution is 6.33. The van der Waals surface area contributed by atoms with Crippen molar-refractivity contribution < 1.29 is 14.7 Å². The Balaban J connectivity index is 2.98. The molecule has 1 amide bonds. The third-order valence-electron chi connectivity index (χ3n) is 2.80. The average Bonchev–Trinajstić information content (AvgIpc) is 2.28. The van der Waals surface area contributed by atoms with Gasteiger partial charge in [0.1, 0.15) is 5.54 Å². The largest absolute Gasteiger partial charge is 0.480 e. The maximum Gasteiger partial charge on any atom is 0.329 e. The summed E-state index contributed by atoms with van der Waals surface area (Å²) in [7, 11) is 0. The molecule has 0 bridgehead atoms. The monoisotopic (exact) mass is 270 g/mol. The summed E-state index contributed by atoms with van der Waals surface area (Å²) in [6, 6.07) is 1.56. The number of carbonyl (C=O) groups is 2. The molecule has 1 unspecified atom stereocenters. The van der Waals surface area contributed by atoms with Crippen molar-refractivity contribution in [3.63, 3.8) is 0 Å². The molecule has 18 heavy (non-hydrogen) atoms. The first kappa shape index (κ1) is 14.4. The van der Waals surface area contributed by atoms with Gasteiger partial charge in [0.05, 0.1) is 10.6 Å². The van der Waals surface area contributed by atoms with Crippen molar-refractivity contribution in [2.24, 2.45) is 0 Å². The van der Waals surface area contributed by atoms with Gasteiger partial charge in [-0.25, -0.2) is 4.79 Å². The number of aryl methyl sites for hydroxylation is 1. The number of nitrogens with zero attached hydrogens (tertiary/aromatic N) is 1. The number of carboxylic acid groups (broad SMARTS) is 1. The molecule has 1 heterocycles. The highest BCUT2D eigenvalue weighted by Gasteiger charge is 2.33. The van der Waals surface area contributed by atoms with Gasteiger partial charge in [-0.05, 0) is 26.3 Å². The molecule has 0 saturated carbocycles. The van der Waals surface area contributed by atoms with E-state index in [0.717, 1.165) is 0 Å². The lowest BCUT2D eigenvalue weighted by molar-refractivity contribution is -0.143. The SMILES string of the molecule is CCC(C)(NC(=O)c1cnc(C)cc1Cl)C(=O)O. The summed E-state index contributed by atoms with van der Waals surface area (Å²) >= 11 is 5.93. The van der Waals surface area contributed by atoms with Crippen LogP contribution in [-0.2, 0) is 4.79 Å². The molecule has 1 rings (SSSR count). The first-order valence-corrected chi connectivity index (χ1v) is 5.86. The first-order valence-electron chi connectivity index (χ1n) is 5.48. The quantitative estimate of drug-likeness (QED) is 0.877. The van der Waals surface area contributed by atoms with Gasteiger partial charge >= 0.3 is 5.97 Å². The number of hydrogen-bond donors (Lipinski definition) is 2. The Bertz CT molecular complexity index is 490. The number of nitrogens with one attached hydrogen (secondary N) is 1. The minimum absolute atomic E-state index is 0.170. The second-order valence-corrected chi connectivity index (χ2v) is 4.66. The van der Waals surface area contributed by atoms with Crippen LogP contribution in [0.1, 0.15) is 36.3 Å². The molecule has 5 nitrogen and oxygen atoms in total. The standard InChI is InChI=1S/C12H15ClN2O3/c1-4-12(3,11(17)18)15-10(16)8-6-14-7(2)5-9(8)13/h5-6H,4H2,1-3H3,(H,15,16)(H,17,18). The molecule has 98 valence electrons. The third kappa shape index (κ3) is 2.98. The van der Waals surface area contributed by atoms with Crippen molar-refractivity contribution in [2.45, 2.75) is 32.7 Å². The van der Waals surface area contributed by atoms with Crippen LogP contribution in [-0.4, -0.2) is 27.5 Å². The van der Waals surface area contributed by atoms with Gasteiger partial charge in [-0.3, -0.25) is 9.78 Å². The molecule has 1 atom stereocenters. The van der Waals surface area contributed by atoms with Crippen molar-refractivity contribution in [2.75, 3.05) is 0 Å². The maximum atomic E-state index is 12.0. The summed E-state index contributed by atoms with van der Waals surface area (Å²) in [5, 5.41) is 11.8.